The largest absolute Gasteiger partial charge is 0.496 e. The second-order valence-electron chi connectivity index (χ2n) is 5.88. The topological polar surface area (TPSA) is 59.1 Å². The third-order valence-corrected chi connectivity index (χ3v) is 4.49. The summed E-state index contributed by atoms with van der Waals surface area (Å²) in [6.07, 6.45) is 0.805. The molecular weight excluding hydrogens is 296 g/mol. The molecule has 2 amide bonds. The Hall–Kier alpha value is -2.08. The molecule has 0 aliphatic carbocycles. The van der Waals surface area contributed by atoms with Crippen molar-refractivity contribution in [3.63, 3.8) is 0 Å². The van der Waals surface area contributed by atoms with Crippen molar-refractivity contribution in [1.82, 2.24) is 9.80 Å². The molecule has 2 saturated heterocycles. The molecule has 3 rings (SSSR count). The maximum absolute atomic E-state index is 12.6. The lowest BCUT2D eigenvalue weighted by atomic mass is 10.1. The summed E-state index contributed by atoms with van der Waals surface area (Å²) in [5, 5.41) is 0. The summed E-state index contributed by atoms with van der Waals surface area (Å²) in [4.78, 5) is 28.6. The minimum atomic E-state index is -0.0428. The van der Waals surface area contributed by atoms with Crippen LogP contribution in [-0.4, -0.2) is 68.1 Å². The second-order valence-corrected chi connectivity index (χ2v) is 5.88. The molecule has 23 heavy (non-hydrogen) atoms. The monoisotopic (exact) mass is 318 g/mol. The van der Waals surface area contributed by atoms with E-state index in [0.717, 1.165) is 6.42 Å². The van der Waals surface area contributed by atoms with Crippen molar-refractivity contribution in [2.75, 3.05) is 46.5 Å². The molecule has 0 aromatic heterocycles. The van der Waals surface area contributed by atoms with E-state index in [4.69, 9.17) is 9.47 Å². The Morgan fingerprint density at radius 1 is 1.13 bits per heavy atom. The molecule has 1 aromatic rings. The average molecular weight is 318 g/mol. The van der Waals surface area contributed by atoms with E-state index in [0.29, 0.717) is 50.7 Å². The predicted octanol–water partition coefficient (Wildman–Crippen LogP) is 1.02. The number of para-hydroxylation sites is 1. The first kappa shape index (κ1) is 15.8. The number of hydrogen-bond donors (Lipinski definition) is 0. The summed E-state index contributed by atoms with van der Waals surface area (Å²) >= 11 is 0. The van der Waals surface area contributed by atoms with Crippen LogP contribution in [0.5, 0.6) is 5.75 Å². The molecule has 0 unspecified atom stereocenters. The lowest BCUT2D eigenvalue weighted by Gasteiger charge is -2.36. The fourth-order valence-corrected chi connectivity index (χ4v) is 3.11. The van der Waals surface area contributed by atoms with Crippen molar-refractivity contribution in [2.24, 2.45) is 5.92 Å². The summed E-state index contributed by atoms with van der Waals surface area (Å²) in [5.74, 6) is 0.691. The number of methoxy groups -OCH3 is 1. The molecule has 0 radical (unpaired) electrons. The fourth-order valence-electron chi connectivity index (χ4n) is 3.11. The standard InChI is InChI=1S/C17H22N2O4/c1-22-15-5-3-2-4-14(15)17(21)19-9-7-18(8-10-19)16(20)13-6-11-23-12-13/h2-5,13H,6-12H2,1H3/t13-/m1/s1. The summed E-state index contributed by atoms with van der Waals surface area (Å²) in [5.41, 5.74) is 0.568. The predicted molar refractivity (Wildman–Crippen MR) is 84.4 cm³/mol. The first-order valence-electron chi connectivity index (χ1n) is 7.99. The van der Waals surface area contributed by atoms with Gasteiger partial charge < -0.3 is 19.3 Å². The molecule has 6 nitrogen and oxygen atoms in total. The van der Waals surface area contributed by atoms with Gasteiger partial charge in [0.25, 0.3) is 5.91 Å². The zero-order chi connectivity index (χ0) is 16.2. The molecule has 6 heteroatoms. The highest BCUT2D eigenvalue weighted by Gasteiger charge is 2.31. The van der Waals surface area contributed by atoms with Crippen molar-refractivity contribution >= 4 is 11.8 Å². The molecule has 2 aliphatic heterocycles. The van der Waals surface area contributed by atoms with Gasteiger partial charge in [-0.05, 0) is 18.6 Å². The van der Waals surface area contributed by atoms with Crippen LogP contribution in [0.25, 0.3) is 0 Å². The Kier molecular flexibility index (Phi) is 4.81. The molecule has 2 fully saturated rings. The molecule has 0 spiro atoms. The van der Waals surface area contributed by atoms with Gasteiger partial charge in [-0.1, -0.05) is 12.1 Å². The lowest BCUT2D eigenvalue weighted by molar-refractivity contribution is -0.137. The molecule has 124 valence electrons. The van der Waals surface area contributed by atoms with Crippen LogP contribution in [0.4, 0.5) is 0 Å². The van der Waals surface area contributed by atoms with Crippen LogP contribution in [0.3, 0.4) is 0 Å². The smallest absolute Gasteiger partial charge is 0.257 e. The quantitative estimate of drug-likeness (QED) is 0.835. The molecule has 0 N–H and O–H groups in total. The first-order chi connectivity index (χ1) is 11.2. The highest BCUT2D eigenvalue weighted by atomic mass is 16.5. The Labute approximate surface area is 136 Å². The number of nitrogens with zero attached hydrogens (tertiary/aromatic N) is 2. The summed E-state index contributed by atoms with van der Waals surface area (Å²) < 4.78 is 10.5. The van der Waals surface area contributed by atoms with E-state index in [1.165, 1.54) is 0 Å². The van der Waals surface area contributed by atoms with Gasteiger partial charge in [-0.3, -0.25) is 9.59 Å². The second kappa shape index (κ2) is 7.00. The SMILES string of the molecule is COc1ccccc1C(=O)N1CCN(C(=O)[C@@H]2CCOC2)CC1. The minimum absolute atomic E-state index is 0.00790. The van der Waals surface area contributed by atoms with Crippen LogP contribution >= 0.6 is 0 Å². The fraction of sp³-hybridized carbons (Fsp3) is 0.529. The number of carbonyl (C=O) groups is 2. The third kappa shape index (κ3) is 3.32. The van der Waals surface area contributed by atoms with Crippen LogP contribution in [0.1, 0.15) is 16.8 Å². The molecule has 2 heterocycles. The average Bonchev–Trinajstić information content (AvgIpc) is 3.15. The van der Waals surface area contributed by atoms with Gasteiger partial charge in [0, 0.05) is 32.8 Å². The van der Waals surface area contributed by atoms with Gasteiger partial charge in [-0.15, -0.1) is 0 Å². The maximum Gasteiger partial charge on any atom is 0.257 e. The highest BCUT2D eigenvalue weighted by molar-refractivity contribution is 5.97. The molecule has 0 saturated carbocycles. The van der Waals surface area contributed by atoms with Crippen molar-refractivity contribution in [3.05, 3.63) is 29.8 Å². The minimum Gasteiger partial charge on any atom is -0.496 e. The van der Waals surface area contributed by atoms with E-state index in [2.05, 4.69) is 0 Å². The van der Waals surface area contributed by atoms with Crippen molar-refractivity contribution < 1.29 is 19.1 Å². The van der Waals surface area contributed by atoms with E-state index in [9.17, 15) is 9.59 Å². The summed E-state index contributed by atoms with van der Waals surface area (Å²) in [6, 6.07) is 7.23. The van der Waals surface area contributed by atoms with Gasteiger partial charge in [0.05, 0.1) is 25.2 Å². The summed E-state index contributed by atoms with van der Waals surface area (Å²) in [6.45, 7) is 3.46. The van der Waals surface area contributed by atoms with Crippen molar-refractivity contribution in [3.8, 4) is 5.75 Å². The molecule has 0 bridgehead atoms. The van der Waals surface area contributed by atoms with Crippen molar-refractivity contribution in [1.29, 1.82) is 0 Å². The number of piperazine rings is 1. The number of benzene rings is 1. The van der Waals surface area contributed by atoms with E-state index in [1.807, 2.05) is 17.0 Å². The molecule has 1 atom stereocenters. The normalized spacial score (nSPS) is 21.3. The Bertz CT molecular complexity index is 576. The van der Waals surface area contributed by atoms with Crippen LogP contribution in [0.2, 0.25) is 0 Å². The lowest BCUT2D eigenvalue weighted by Crippen LogP contribution is -2.52. The van der Waals surface area contributed by atoms with Gasteiger partial charge >= 0.3 is 0 Å². The molecular formula is C17H22N2O4. The van der Waals surface area contributed by atoms with E-state index < -0.39 is 0 Å². The Balaban J connectivity index is 1.60. The van der Waals surface area contributed by atoms with Gasteiger partial charge in [0.15, 0.2) is 0 Å². The number of carbonyl (C=O) groups excluding carboxylic acids is 2. The third-order valence-electron chi connectivity index (χ3n) is 4.49. The molecule has 2 aliphatic rings. The van der Waals surface area contributed by atoms with Crippen LogP contribution < -0.4 is 4.74 Å². The van der Waals surface area contributed by atoms with Gasteiger partial charge in [0.1, 0.15) is 5.75 Å². The van der Waals surface area contributed by atoms with Gasteiger partial charge in [-0.2, -0.15) is 0 Å². The first-order valence-corrected chi connectivity index (χ1v) is 7.99. The maximum atomic E-state index is 12.6. The zero-order valence-electron chi connectivity index (χ0n) is 13.4. The molecule has 1 aromatic carbocycles. The Morgan fingerprint density at radius 3 is 2.48 bits per heavy atom. The van der Waals surface area contributed by atoms with Crippen LogP contribution in [0.15, 0.2) is 24.3 Å². The van der Waals surface area contributed by atoms with Gasteiger partial charge in [0.2, 0.25) is 5.91 Å². The van der Waals surface area contributed by atoms with Gasteiger partial charge in [-0.25, -0.2) is 0 Å². The van der Waals surface area contributed by atoms with E-state index in [1.54, 1.807) is 24.1 Å². The van der Waals surface area contributed by atoms with Crippen molar-refractivity contribution in [2.45, 2.75) is 6.42 Å². The number of hydrogen-bond acceptors (Lipinski definition) is 4. The van der Waals surface area contributed by atoms with Crippen LogP contribution in [0, 0.1) is 5.92 Å². The Morgan fingerprint density at radius 2 is 1.83 bits per heavy atom. The van der Waals surface area contributed by atoms with Crippen LogP contribution in [-0.2, 0) is 9.53 Å². The zero-order valence-corrected chi connectivity index (χ0v) is 13.4. The number of ether oxygens (including phenoxy) is 2. The summed E-state index contributed by atoms with van der Waals surface area (Å²) in [7, 11) is 1.56. The highest BCUT2D eigenvalue weighted by Crippen LogP contribution is 2.21. The van der Waals surface area contributed by atoms with E-state index in [-0.39, 0.29) is 17.7 Å². The number of rotatable bonds is 3. The van der Waals surface area contributed by atoms with E-state index >= 15 is 0 Å². The number of amides is 2.